The molecule has 47 heavy (non-hydrogen) atoms. The predicted octanol–water partition coefficient (Wildman–Crippen LogP) is 2.63. The van der Waals surface area contributed by atoms with Crippen molar-refractivity contribution in [1.29, 1.82) is 0 Å². The van der Waals surface area contributed by atoms with Crippen LogP contribution in [0.15, 0.2) is 42.5 Å². The van der Waals surface area contributed by atoms with E-state index in [1.165, 1.54) is 18.9 Å². The second kappa shape index (κ2) is 22.7. The predicted molar refractivity (Wildman–Crippen MR) is 177 cm³/mol. The zero-order chi connectivity index (χ0) is 35.2. The van der Waals surface area contributed by atoms with E-state index >= 15 is 0 Å². The summed E-state index contributed by atoms with van der Waals surface area (Å²) in [5, 5.41) is 37.5. The average Bonchev–Trinajstić information content (AvgIpc) is 3.06. The van der Waals surface area contributed by atoms with Crippen molar-refractivity contribution in [2.45, 2.75) is 83.2 Å². The van der Waals surface area contributed by atoms with Crippen molar-refractivity contribution < 1.29 is 44.1 Å². The topological polar surface area (TPSA) is 237 Å². The molecular weight excluding hydrogens is 610 g/mol. The number of aliphatic carboxylic acids is 3. The van der Waals surface area contributed by atoms with E-state index in [4.69, 9.17) is 15.3 Å². The fourth-order valence-corrected chi connectivity index (χ4v) is 4.87. The molecule has 14 heteroatoms. The van der Waals surface area contributed by atoms with Crippen LogP contribution in [0, 0.1) is 5.92 Å². The number of hydrogen-bond acceptors (Lipinski definition) is 7. The molecule has 1 aliphatic rings. The number of fused-ring (bicyclic) bond motifs is 1. The summed E-state index contributed by atoms with van der Waals surface area (Å²) in [6, 6.07) is 11.6. The van der Waals surface area contributed by atoms with Crippen LogP contribution in [0.1, 0.15) is 70.3 Å². The molecule has 1 saturated carbocycles. The first-order valence-corrected chi connectivity index (χ1v) is 15.8. The first kappa shape index (κ1) is 40.3. The summed E-state index contributed by atoms with van der Waals surface area (Å²) >= 11 is 0. The largest absolute Gasteiger partial charge is 0.481 e. The number of unbranched alkanes of at least 4 members (excludes halogenated alkanes) is 1. The Kier molecular flexibility index (Phi) is 19.5. The monoisotopic (exact) mass is 659 g/mol. The van der Waals surface area contributed by atoms with Crippen molar-refractivity contribution in [1.82, 2.24) is 21.3 Å². The fourth-order valence-electron chi connectivity index (χ4n) is 4.87. The number of rotatable bonds is 15. The number of nitrogens with one attached hydrogen (secondary N) is 4. The molecule has 14 nitrogen and oxygen atoms in total. The van der Waals surface area contributed by atoms with Gasteiger partial charge in [0, 0.05) is 25.3 Å². The van der Waals surface area contributed by atoms with Crippen LogP contribution < -0.4 is 27.0 Å². The van der Waals surface area contributed by atoms with Gasteiger partial charge in [0.2, 0.25) is 11.8 Å². The molecule has 1 aliphatic carbocycles. The second-order valence-electron chi connectivity index (χ2n) is 11.0. The standard InChI is InChI=1S/C24H32N2O2.C8H12N2O7.CH5N/c1-2-3-15-25-24(28)22(26-23(27)20-10-5-4-6-11-20)17-18-13-14-19-9-7-8-12-21(19)16-18;11-5(12)2-1-4(7(15)16)10-8(17)9-3-6(13)14;1-2/h7-9,12-14,16,20,22H,2-6,10-11,15,17H2,1H3,(H,25,28)(H,26,27);4H,1-3H2,(H,11,12)(H,13,14)(H,15,16)(H2,9,10,17);2H2,1H3. The van der Waals surface area contributed by atoms with E-state index in [2.05, 4.69) is 53.6 Å². The van der Waals surface area contributed by atoms with Gasteiger partial charge in [0.05, 0.1) is 0 Å². The van der Waals surface area contributed by atoms with Crippen molar-refractivity contribution in [3.63, 3.8) is 0 Å². The molecule has 1 fully saturated rings. The summed E-state index contributed by atoms with van der Waals surface area (Å²) in [4.78, 5) is 67.5. The van der Waals surface area contributed by atoms with Crippen LogP contribution in [0.25, 0.3) is 10.8 Å². The van der Waals surface area contributed by atoms with Gasteiger partial charge in [0.15, 0.2) is 0 Å². The highest BCUT2D eigenvalue weighted by molar-refractivity contribution is 5.89. The highest BCUT2D eigenvalue weighted by Crippen LogP contribution is 2.24. The van der Waals surface area contributed by atoms with Crippen LogP contribution in [0.2, 0.25) is 0 Å². The number of amides is 4. The van der Waals surface area contributed by atoms with Crippen LogP contribution in [0.5, 0.6) is 0 Å². The van der Waals surface area contributed by atoms with Gasteiger partial charge in [-0.15, -0.1) is 0 Å². The van der Waals surface area contributed by atoms with E-state index in [0.717, 1.165) is 49.5 Å². The number of carboxylic acids is 3. The average molecular weight is 660 g/mol. The Balaban J connectivity index is 0.000000502. The van der Waals surface area contributed by atoms with Crippen molar-refractivity contribution in [2.24, 2.45) is 11.7 Å². The zero-order valence-electron chi connectivity index (χ0n) is 27.1. The summed E-state index contributed by atoms with van der Waals surface area (Å²) in [5.74, 6) is -3.85. The van der Waals surface area contributed by atoms with Crippen LogP contribution in [0.4, 0.5) is 4.79 Å². The van der Waals surface area contributed by atoms with Gasteiger partial charge in [-0.2, -0.15) is 0 Å². The Morgan fingerprint density at radius 2 is 1.49 bits per heavy atom. The molecule has 2 aromatic rings. The Bertz CT molecular complexity index is 1310. The molecule has 0 radical (unpaired) electrons. The van der Waals surface area contributed by atoms with E-state index in [-0.39, 0.29) is 24.2 Å². The normalized spacial score (nSPS) is 13.7. The lowest BCUT2D eigenvalue weighted by Gasteiger charge is -2.25. The van der Waals surface area contributed by atoms with Crippen molar-refractivity contribution in [3.05, 3.63) is 48.0 Å². The lowest BCUT2D eigenvalue weighted by molar-refractivity contribution is -0.140. The minimum absolute atomic E-state index is 0.0381. The Labute approximate surface area is 274 Å². The third-order valence-corrected chi connectivity index (χ3v) is 7.34. The first-order valence-electron chi connectivity index (χ1n) is 15.8. The van der Waals surface area contributed by atoms with Crippen molar-refractivity contribution in [3.8, 4) is 0 Å². The van der Waals surface area contributed by atoms with E-state index in [9.17, 15) is 28.8 Å². The van der Waals surface area contributed by atoms with E-state index in [1.54, 1.807) is 0 Å². The maximum atomic E-state index is 12.8. The summed E-state index contributed by atoms with van der Waals surface area (Å²) in [6.07, 6.45) is 7.09. The smallest absolute Gasteiger partial charge is 0.326 e. The van der Waals surface area contributed by atoms with Crippen LogP contribution in [-0.4, -0.2) is 83.3 Å². The number of carboxylic acid groups (broad SMARTS) is 3. The summed E-state index contributed by atoms with van der Waals surface area (Å²) in [7, 11) is 1.50. The molecule has 3 rings (SSSR count). The molecule has 2 atom stereocenters. The highest BCUT2D eigenvalue weighted by Gasteiger charge is 2.27. The maximum absolute atomic E-state index is 12.8. The van der Waals surface area contributed by atoms with Gasteiger partial charge >= 0.3 is 23.9 Å². The number of hydrogen-bond donors (Lipinski definition) is 8. The molecule has 9 N–H and O–H groups in total. The van der Waals surface area contributed by atoms with Crippen LogP contribution >= 0.6 is 0 Å². The number of urea groups is 1. The minimum Gasteiger partial charge on any atom is -0.481 e. The minimum atomic E-state index is -1.39. The van der Waals surface area contributed by atoms with Gasteiger partial charge in [0.1, 0.15) is 18.6 Å². The Morgan fingerprint density at radius 3 is 2.09 bits per heavy atom. The third kappa shape index (κ3) is 16.4. The first-order chi connectivity index (χ1) is 22.5. The fraction of sp³-hybridized carbons (Fsp3) is 0.515. The number of benzene rings is 2. The molecule has 260 valence electrons. The highest BCUT2D eigenvalue weighted by atomic mass is 16.4. The van der Waals surface area contributed by atoms with Gasteiger partial charge in [-0.25, -0.2) is 9.59 Å². The van der Waals surface area contributed by atoms with Gasteiger partial charge in [-0.3, -0.25) is 19.2 Å². The molecule has 2 aromatic carbocycles. The molecule has 0 aromatic heterocycles. The molecule has 0 saturated heterocycles. The zero-order valence-corrected chi connectivity index (χ0v) is 27.1. The molecule has 0 spiro atoms. The van der Waals surface area contributed by atoms with Crippen molar-refractivity contribution in [2.75, 3.05) is 20.1 Å². The van der Waals surface area contributed by atoms with Gasteiger partial charge in [-0.1, -0.05) is 75.1 Å². The molecule has 0 bridgehead atoms. The van der Waals surface area contributed by atoms with Crippen LogP contribution in [0.3, 0.4) is 0 Å². The quantitative estimate of drug-likeness (QED) is 0.130. The van der Waals surface area contributed by atoms with Gasteiger partial charge in [0.25, 0.3) is 0 Å². The molecule has 2 unspecified atom stereocenters. The van der Waals surface area contributed by atoms with E-state index in [0.29, 0.717) is 13.0 Å². The van der Waals surface area contributed by atoms with Crippen molar-refractivity contribution >= 4 is 46.5 Å². The lowest BCUT2D eigenvalue weighted by Crippen LogP contribution is -2.50. The van der Waals surface area contributed by atoms with Crippen LogP contribution in [-0.2, 0) is 30.4 Å². The van der Waals surface area contributed by atoms with E-state index in [1.807, 2.05) is 22.8 Å². The molecule has 4 amide bonds. The second-order valence-corrected chi connectivity index (χ2v) is 11.0. The molecular formula is C33H49N5O9. The van der Waals surface area contributed by atoms with E-state index < -0.39 is 49.0 Å². The summed E-state index contributed by atoms with van der Waals surface area (Å²) < 4.78 is 0. The third-order valence-electron chi connectivity index (χ3n) is 7.34. The maximum Gasteiger partial charge on any atom is 0.326 e. The number of carbonyl (C=O) groups is 6. The van der Waals surface area contributed by atoms with Gasteiger partial charge < -0.3 is 42.3 Å². The van der Waals surface area contributed by atoms with Gasteiger partial charge in [-0.05, 0) is 49.1 Å². The SMILES string of the molecule is CCCCNC(=O)C(Cc1ccc2ccccc2c1)NC(=O)C1CCCCC1.CN.O=C(O)CCC(NC(=O)NCC(=O)O)C(=O)O. The Morgan fingerprint density at radius 1 is 0.830 bits per heavy atom. The lowest BCUT2D eigenvalue weighted by atomic mass is 9.88. The Hall–Kier alpha value is -4.72. The molecule has 0 aliphatic heterocycles. The summed E-state index contributed by atoms with van der Waals surface area (Å²) in [6.45, 7) is 2.10. The number of carbonyl (C=O) groups excluding carboxylic acids is 3. The number of nitrogens with two attached hydrogens (primary N) is 1. The summed E-state index contributed by atoms with van der Waals surface area (Å²) in [5.41, 5.74) is 5.57. The molecule has 0 heterocycles.